The zero-order valence-corrected chi connectivity index (χ0v) is 9.17. The normalized spacial score (nSPS) is 21.9. The minimum Gasteiger partial charge on any atom is -0.465 e. The Labute approximate surface area is 94.2 Å². The molecule has 0 amide bonds. The van der Waals surface area contributed by atoms with Gasteiger partial charge in [0.05, 0.1) is 12.5 Å². The molecule has 1 aliphatic heterocycles. The smallest absolute Gasteiger partial charge is 0.313 e. The van der Waals surface area contributed by atoms with Gasteiger partial charge in [-0.25, -0.2) is 0 Å². The lowest BCUT2D eigenvalue weighted by Crippen LogP contribution is -2.13. The number of cyclic esters (lactones) is 1. The quantitative estimate of drug-likeness (QED) is 0.685. The highest BCUT2D eigenvalue weighted by Crippen LogP contribution is 2.27. The molecule has 0 aromatic heterocycles. The fourth-order valence-electron chi connectivity index (χ4n) is 1.84. The van der Waals surface area contributed by atoms with E-state index in [1.807, 2.05) is 24.3 Å². The number of hydrogen-bond acceptors (Lipinski definition) is 2. The van der Waals surface area contributed by atoms with Crippen molar-refractivity contribution in [3.05, 3.63) is 34.9 Å². The van der Waals surface area contributed by atoms with Crippen molar-refractivity contribution in [1.82, 2.24) is 0 Å². The topological polar surface area (TPSA) is 26.3 Å². The number of benzene rings is 1. The van der Waals surface area contributed by atoms with Crippen LogP contribution in [-0.4, -0.2) is 12.6 Å². The van der Waals surface area contributed by atoms with Crippen LogP contribution in [0.3, 0.4) is 0 Å². The largest absolute Gasteiger partial charge is 0.465 e. The van der Waals surface area contributed by atoms with Crippen molar-refractivity contribution < 1.29 is 9.53 Å². The second-order valence-electron chi connectivity index (χ2n) is 3.77. The average Bonchev–Trinajstić information content (AvgIpc) is 2.44. The van der Waals surface area contributed by atoms with Gasteiger partial charge in [0.1, 0.15) is 0 Å². The molecular formula is C12H13ClO2. The number of carbonyl (C=O) groups excluding carboxylic acids is 1. The van der Waals surface area contributed by atoms with E-state index >= 15 is 0 Å². The summed E-state index contributed by atoms with van der Waals surface area (Å²) in [5.74, 6) is -0.209. The Bertz CT molecular complexity index is 345. The van der Waals surface area contributed by atoms with E-state index in [2.05, 4.69) is 0 Å². The number of halogens is 1. The summed E-state index contributed by atoms with van der Waals surface area (Å²) in [7, 11) is 0. The lowest BCUT2D eigenvalue weighted by molar-refractivity contribution is -0.144. The van der Waals surface area contributed by atoms with E-state index in [-0.39, 0.29) is 11.9 Å². The Morgan fingerprint density at radius 1 is 1.20 bits per heavy atom. The highest BCUT2D eigenvalue weighted by molar-refractivity contribution is 6.30. The molecule has 0 saturated carbocycles. The van der Waals surface area contributed by atoms with Gasteiger partial charge in [0.2, 0.25) is 0 Å². The summed E-state index contributed by atoms with van der Waals surface area (Å²) in [4.78, 5) is 11.6. The Morgan fingerprint density at radius 3 is 2.67 bits per heavy atom. The predicted molar refractivity (Wildman–Crippen MR) is 59.0 cm³/mol. The van der Waals surface area contributed by atoms with E-state index in [0.717, 1.165) is 24.8 Å². The van der Waals surface area contributed by atoms with Crippen LogP contribution in [0.25, 0.3) is 0 Å². The van der Waals surface area contributed by atoms with Crippen LogP contribution in [0.1, 0.15) is 30.7 Å². The summed E-state index contributed by atoms with van der Waals surface area (Å²) >= 11 is 5.80. The van der Waals surface area contributed by atoms with Crippen molar-refractivity contribution in [3.63, 3.8) is 0 Å². The van der Waals surface area contributed by atoms with Crippen LogP contribution in [0.5, 0.6) is 0 Å². The van der Waals surface area contributed by atoms with E-state index in [4.69, 9.17) is 16.3 Å². The van der Waals surface area contributed by atoms with Crippen LogP contribution in [0.15, 0.2) is 24.3 Å². The molecule has 1 unspecified atom stereocenters. The maximum absolute atomic E-state index is 11.6. The zero-order chi connectivity index (χ0) is 10.7. The Balaban J connectivity index is 2.20. The second-order valence-corrected chi connectivity index (χ2v) is 4.20. The number of hydrogen-bond donors (Lipinski definition) is 0. The average molecular weight is 225 g/mol. The molecule has 1 heterocycles. The van der Waals surface area contributed by atoms with Gasteiger partial charge in [-0.1, -0.05) is 23.7 Å². The molecule has 2 nitrogen and oxygen atoms in total. The molecule has 1 aromatic rings. The molecule has 80 valence electrons. The summed E-state index contributed by atoms with van der Waals surface area (Å²) < 4.78 is 5.13. The van der Waals surface area contributed by atoms with E-state index in [1.54, 1.807) is 0 Å². The molecule has 0 N–H and O–H groups in total. The SMILES string of the molecule is O=C1OCCCCC1c1ccc(Cl)cc1. The number of esters is 1. The van der Waals surface area contributed by atoms with Crippen molar-refractivity contribution in [2.24, 2.45) is 0 Å². The summed E-state index contributed by atoms with van der Waals surface area (Å²) in [5.41, 5.74) is 1.01. The second kappa shape index (κ2) is 4.67. The van der Waals surface area contributed by atoms with Crippen LogP contribution >= 0.6 is 11.6 Å². The van der Waals surface area contributed by atoms with Gasteiger partial charge in [-0.2, -0.15) is 0 Å². The lowest BCUT2D eigenvalue weighted by Gasteiger charge is -2.12. The van der Waals surface area contributed by atoms with Gasteiger partial charge in [0, 0.05) is 5.02 Å². The monoisotopic (exact) mass is 224 g/mol. The van der Waals surface area contributed by atoms with E-state index < -0.39 is 0 Å². The minimum atomic E-state index is -0.107. The van der Waals surface area contributed by atoms with Crippen LogP contribution in [-0.2, 0) is 9.53 Å². The molecule has 15 heavy (non-hydrogen) atoms. The molecule has 1 aliphatic rings. The summed E-state index contributed by atoms with van der Waals surface area (Å²) in [5, 5.41) is 0.695. The fraction of sp³-hybridized carbons (Fsp3) is 0.417. The predicted octanol–water partition coefficient (Wildman–Crippen LogP) is 3.15. The Kier molecular flexibility index (Phi) is 3.27. The summed E-state index contributed by atoms with van der Waals surface area (Å²) in [6.07, 6.45) is 2.88. The van der Waals surface area contributed by atoms with Crippen molar-refractivity contribution in [3.8, 4) is 0 Å². The number of carbonyl (C=O) groups is 1. The zero-order valence-electron chi connectivity index (χ0n) is 8.41. The molecule has 1 atom stereocenters. The summed E-state index contributed by atoms with van der Waals surface area (Å²) in [6.45, 7) is 0.558. The molecule has 1 saturated heterocycles. The third kappa shape index (κ3) is 2.51. The maximum atomic E-state index is 11.6. The fourth-order valence-corrected chi connectivity index (χ4v) is 1.97. The van der Waals surface area contributed by atoms with Gasteiger partial charge in [-0.15, -0.1) is 0 Å². The molecule has 0 aliphatic carbocycles. The van der Waals surface area contributed by atoms with Gasteiger partial charge in [0.25, 0.3) is 0 Å². The van der Waals surface area contributed by atoms with Crippen LogP contribution in [0, 0.1) is 0 Å². The first-order valence-electron chi connectivity index (χ1n) is 5.19. The standard InChI is InChI=1S/C12H13ClO2/c13-10-6-4-9(5-7-10)11-3-1-2-8-15-12(11)14/h4-7,11H,1-3,8H2. The van der Waals surface area contributed by atoms with Gasteiger partial charge in [-0.3, -0.25) is 4.79 Å². The van der Waals surface area contributed by atoms with Gasteiger partial charge < -0.3 is 4.74 Å². The first kappa shape index (κ1) is 10.5. The number of rotatable bonds is 1. The molecule has 2 rings (SSSR count). The molecule has 1 aromatic carbocycles. The van der Waals surface area contributed by atoms with Crippen molar-refractivity contribution in [2.45, 2.75) is 25.2 Å². The third-order valence-electron chi connectivity index (χ3n) is 2.69. The molecular weight excluding hydrogens is 212 g/mol. The van der Waals surface area contributed by atoms with Gasteiger partial charge >= 0.3 is 5.97 Å². The van der Waals surface area contributed by atoms with Crippen LogP contribution < -0.4 is 0 Å². The molecule has 0 bridgehead atoms. The maximum Gasteiger partial charge on any atom is 0.313 e. The first-order chi connectivity index (χ1) is 7.27. The molecule has 1 fully saturated rings. The third-order valence-corrected chi connectivity index (χ3v) is 2.94. The molecule has 3 heteroatoms. The minimum absolute atomic E-state index is 0.102. The highest BCUT2D eigenvalue weighted by Gasteiger charge is 2.23. The lowest BCUT2D eigenvalue weighted by atomic mass is 9.94. The van der Waals surface area contributed by atoms with Crippen molar-refractivity contribution in [2.75, 3.05) is 6.61 Å². The van der Waals surface area contributed by atoms with E-state index in [0.29, 0.717) is 11.6 Å². The highest BCUT2D eigenvalue weighted by atomic mass is 35.5. The van der Waals surface area contributed by atoms with E-state index in [1.165, 1.54) is 0 Å². The van der Waals surface area contributed by atoms with Crippen LogP contribution in [0.2, 0.25) is 5.02 Å². The van der Waals surface area contributed by atoms with Gasteiger partial charge in [0.15, 0.2) is 0 Å². The van der Waals surface area contributed by atoms with Crippen molar-refractivity contribution >= 4 is 17.6 Å². The molecule has 0 radical (unpaired) electrons. The van der Waals surface area contributed by atoms with E-state index in [9.17, 15) is 4.79 Å². The van der Waals surface area contributed by atoms with Gasteiger partial charge in [-0.05, 0) is 37.0 Å². The van der Waals surface area contributed by atoms with Crippen LogP contribution in [0.4, 0.5) is 0 Å². The summed E-state index contributed by atoms with van der Waals surface area (Å²) in [6, 6.07) is 7.43. The van der Waals surface area contributed by atoms with Crippen molar-refractivity contribution in [1.29, 1.82) is 0 Å². The Morgan fingerprint density at radius 2 is 1.93 bits per heavy atom. The Hall–Kier alpha value is -1.02. The number of ether oxygens (including phenoxy) is 1. The first-order valence-corrected chi connectivity index (χ1v) is 5.57. The molecule has 0 spiro atoms.